The molecule has 86 valence electrons. The second kappa shape index (κ2) is 6.80. The third kappa shape index (κ3) is 6.48. The second-order valence-electron chi connectivity index (χ2n) is 3.20. The molecule has 4 N–H and O–H groups in total. The summed E-state index contributed by atoms with van der Waals surface area (Å²) in [6, 6.07) is -0.419. The van der Waals surface area contributed by atoms with Gasteiger partial charge in [0.05, 0.1) is 0 Å². The maximum absolute atomic E-state index is 10.4. The number of aliphatic carboxylic acids is 1. The highest BCUT2D eigenvalue weighted by Gasteiger charge is 2.24. The standard InChI is InChI=1S/C5H8N2O2.C4H8O2/c6-5(9)3-1-2-4(8)7-3;1-2-3-4(5)6/h3H,1-2H2,(H2,6,9)(H,7,8);2-3H2,1H3,(H,5,6)/t3-;/m0./s1. The Balaban J connectivity index is 0.000000288. The van der Waals surface area contributed by atoms with Gasteiger partial charge in [-0.05, 0) is 12.8 Å². The van der Waals surface area contributed by atoms with Crippen molar-refractivity contribution in [3.05, 3.63) is 0 Å². The molecule has 0 aromatic carbocycles. The lowest BCUT2D eigenvalue weighted by Crippen LogP contribution is -2.37. The van der Waals surface area contributed by atoms with Crippen molar-refractivity contribution in [3.63, 3.8) is 0 Å². The molecule has 2 amide bonds. The lowest BCUT2D eigenvalue weighted by Gasteiger charge is -2.01. The summed E-state index contributed by atoms with van der Waals surface area (Å²) in [6.45, 7) is 1.84. The number of carbonyl (C=O) groups excluding carboxylic acids is 2. The summed E-state index contributed by atoms with van der Waals surface area (Å²) in [4.78, 5) is 30.4. The van der Waals surface area contributed by atoms with Crippen LogP contribution in [-0.2, 0) is 14.4 Å². The Morgan fingerprint density at radius 2 is 2.20 bits per heavy atom. The van der Waals surface area contributed by atoms with Gasteiger partial charge in [0, 0.05) is 12.8 Å². The van der Waals surface area contributed by atoms with Gasteiger partial charge in [0.2, 0.25) is 11.8 Å². The molecular weight excluding hydrogens is 200 g/mol. The van der Waals surface area contributed by atoms with Crippen LogP contribution in [0.2, 0.25) is 0 Å². The van der Waals surface area contributed by atoms with Crippen molar-refractivity contribution in [1.29, 1.82) is 0 Å². The van der Waals surface area contributed by atoms with Crippen molar-refractivity contribution in [1.82, 2.24) is 5.32 Å². The van der Waals surface area contributed by atoms with Crippen LogP contribution in [0, 0.1) is 0 Å². The Labute approximate surface area is 87.8 Å². The third-order valence-electron chi connectivity index (χ3n) is 1.80. The van der Waals surface area contributed by atoms with Crippen molar-refractivity contribution in [2.45, 2.75) is 38.6 Å². The molecule has 1 saturated heterocycles. The minimum Gasteiger partial charge on any atom is -0.481 e. The molecule has 15 heavy (non-hydrogen) atoms. The van der Waals surface area contributed by atoms with E-state index in [4.69, 9.17) is 10.8 Å². The van der Waals surface area contributed by atoms with E-state index in [0.717, 1.165) is 6.42 Å². The number of carbonyl (C=O) groups is 3. The van der Waals surface area contributed by atoms with E-state index in [9.17, 15) is 14.4 Å². The average molecular weight is 216 g/mol. The molecular formula is C9H16N2O4. The van der Waals surface area contributed by atoms with Gasteiger partial charge < -0.3 is 16.2 Å². The number of primary amides is 1. The predicted molar refractivity (Wildman–Crippen MR) is 52.9 cm³/mol. The summed E-state index contributed by atoms with van der Waals surface area (Å²) in [5.41, 5.74) is 4.91. The smallest absolute Gasteiger partial charge is 0.303 e. The third-order valence-corrected chi connectivity index (χ3v) is 1.80. The van der Waals surface area contributed by atoms with Gasteiger partial charge in [-0.2, -0.15) is 0 Å². The number of nitrogens with one attached hydrogen (secondary N) is 1. The number of hydrogen-bond acceptors (Lipinski definition) is 3. The van der Waals surface area contributed by atoms with Crippen LogP contribution in [0.3, 0.4) is 0 Å². The fraction of sp³-hybridized carbons (Fsp3) is 0.667. The first-order chi connectivity index (χ1) is 6.97. The van der Waals surface area contributed by atoms with Crippen LogP contribution >= 0.6 is 0 Å². The Hall–Kier alpha value is -1.59. The second-order valence-corrected chi connectivity index (χ2v) is 3.20. The summed E-state index contributed by atoms with van der Waals surface area (Å²) >= 11 is 0. The highest BCUT2D eigenvalue weighted by Crippen LogP contribution is 2.04. The largest absolute Gasteiger partial charge is 0.481 e. The first-order valence-electron chi connectivity index (χ1n) is 4.77. The highest BCUT2D eigenvalue weighted by molar-refractivity contribution is 5.89. The van der Waals surface area contributed by atoms with Gasteiger partial charge in [0.15, 0.2) is 0 Å². The van der Waals surface area contributed by atoms with Gasteiger partial charge in [0.25, 0.3) is 0 Å². The molecule has 6 heteroatoms. The molecule has 0 aromatic rings. The molecule has 1 atom stereocenters. The van der Waals surface area contributed by atoms with Gasteiger partial charge >= 0.3 is 5.97 Å². The van der Waals surface area contributed by atoms with Crippen molar-refractivity contribution in [2.24, 2.45) is 5.73 Å². The van der Waals surface area contributed by atoms with E-state index in [2.05, 4.69) is 5.32 Å². The number of hydrogen-bond donors (Lipinski definition) is 3. The zero-order valence-electron chi connectivity index (χ0n) is 8.66. The Kier molecular flexibility index (Phi) is 6.08. The number of carboxylic acids is 1. The molecule has 0 unspecified atom stereocenters. The first-order valence-corrected chi connectivity index (χ1v) is 4.77. The van der Waals surface area contributed by atoms with E-state index in [0.29, 0.717) is 19.3 Å². The fourth-order valence-electron chi connectivity index (χ4n) is 1.04. The molecule has 0 aliphatic carbocycles. The normalized spacial score (nSPS) is 18.7. The number of nitrogens with two attached hydrogens (primary N) is 1. The topological polar surface area (TPSA) is 109 Å². The van der Waals surface area contributed by atoms with Crippen molar-refractivity contribution >= 4 is 17.8 Å². The minimum atomic E-state index is -0.711. The molecule has 1 heterocycles. The van der Waals surface area contributed by atoms with E-state index in [1.54, 1.807) is 0 Å². The number of rotatable bonds is 3. The predicted octanol–water partition coefficient (Wildman–Crippen LogP) is -0.379. The maximum Gasteiger partial charge on any atom is 0.303 e. The van der Waals surface area contributed by atoms with Gasteiger partial charge in [-0.1, -0.05) is 6.92 Å². The van der Waals surface area contributed by atoms with Crippen LogP contribution in [0.25, 0.3) is 0 Å². The molecule has 0 bridgehead atoms. The molecule has 0 radical (unpaired) electrons. The van der Waals surface area contributed by atoms with E-state index in [1.165, 1.54) is 0 Å². The van der Waals surface area contributed by atoms with Gasteiger partial charge in [0.1, 0.15) is 6.04 Å². The van der Waals surface area contributed by atoms with Gasteiger partial charge in [-0.15, -0.1) is 0 Å². The first kappa shape index (κ1) is 13.4. The van der Waals surface area contributed by atoms with E-state index < -0.39 is 17.9 Å². The van der Waals surface area contributed by atoms with Crippen LogP contribution in [0.4, 0.5) is 0 Å². The summed E-state index contributed by atoms with van der Waals surface area (Å²) in [5, 5.41) is 10.4. The molecule has 0 saturated carbocycles. The van der Waals surface area contributed by atoms with Crippen LogP contribution in [0.5, 0.6) is 0 Å². The zero-order chi connectivity index (χ0) is 11.8. The maximum atomic E-state index is 10.4. The molecule has 1 aliphatic heterocycles. The monoisotopic (exact) mass is 216 g/mol. The van der Waals surface area contributed by atoms with E-state index >= 15 is 0 Å². The van der Waals surface area contributed by atoms with Crippen LogP contribution < -0.4 is 11.1 Å². The Morgan fingerprint density at radius 1 is 1.60 bits per heavy atom. The number of amides is 2. The van der Waals surface area contributed by atoms with Crippen LogP contribution in [0.1, 0.15) is 32.6 Å². The Bertz CT molecular complexity index is 252. The number of carboxylic acid groups (broad SMARTS) is 1. The lowest BCUT2D eigenvalue weighted by molar-refractivity contribution is -0.137. The Morgan fingerprint density at radius 3 is 2.33 bits per heavy atom. The summed E-state index contributed by atoms with van der Waals surface area (Å²) in [5.74, 6) is -1.24. The van der Waals surface area contributed by atoms with Crippen molar-refractivity contribution in [3.8, 4) is 0 Å². The molecule has 0 spiro atoms. The van der Waals surface area contributed by atoms with E-state index in [1.807, 2.05) is 6.92 Å². The summed E-state index contributed by atoms with van der Waals surface area (Å²) < 4.78 is 0. The highest BCUT2D eigenvalue weighted by atomic mass is 16.4. The quantitative estimate of drug-likeness (QED) is 0.597. The van der Waals surface area contributed by atoms with Crippen LogP contribution in [0.15, 0.2) is 0 Å². The van der Waals surface area contributed by atoms with Crippen LogP contribution in [-0.4, -0.2) is 28.9 Å². The minimum absolute atomic E-state index is 0.0844. The zero-order valence-corrected chi connectivity index (χ0v) is 8.66. The summed E-state index contributed by atoms with van der Waals surface area (Å²) in [7, 11) is 0. The average Bonchev–Trinajstić information content (AvgIpc) is 2.52. The molecule has 0 aromatic heterocycles. The molecule has 1 rings (SSSR count). The summed E-state index contributed by atoms with van der Waals surface area (Å²) in [6.07, 6.45) is 2.00. The van der Waals surface area contributed by atoms with Crippen molar-refractivity contribution in [2.75, 3.05) is 0 Å². The van der Waals surface area contributed by atoms with Gasteiger partial charge in [-0.25, -0.2) is 0 Å². The van der Waals surface area contributed by atoms with Gasteiger partial charge in [-0.3, -0.25) is 14.4 Å². The van der Waals surface area contributed by atoms with E-state index in [-0.39, 0.29) is 5.91 Å². The molecule has 6 nitrogen and oxygen atoms in total. The SMILES string of the molecule is CCCC(=O)O.NC(=O)[C@@H]1CCC(=O)N1. The fourth-order valence-corrected chi connectivity index (χ4v) is 1.04. The molecule has 1 aliphatic rings. The molecule has 1 fully saturated rings. The lowest BCUT2D eigenvalue weighted by atomic mass is 10.2. The van der Waals surface area contributed by atoms with Crippen molar-refractivity contribution < 1.29 is 19.5 Å².